The smallest absolute Gasteiger partial charge is 0.306 e. The summed E-state index contributed by atoms with van der Waals surface area (Å²) in [6.07, 6.45) is 2.63. The molecule has 5 nitrogen and oxygen atoms in total. The van der Waals surface area contributed by atoms with Gasteiger partial charge in [0.1, 0.15) is 5.69 Å². The van der Waals surface area contributed by atoms with Crippen molar-refractivity contribution in [3.63, 3.8) is 0 Å². The van der Waals surface area contributed by atoms with Crippen molar-refractivity contribution in [2.75, 3.05) is 0 Å². The van der Waals surface area contributed by atoms with Gasteiger partial charge in [-0.2, -0.15) is 0 Å². The highest BCUT2D eigenvalue weighted by molar-refractivity contribution is 6.31. The lowest BCUT2D eigenvalue weighted by atomic mass is 9.86. The minimum Gasteiger partial charge on any atom is -0.481 e. The van der Waals surface area contributed by atoms with Crippen molar-refractivity contribution in [3.8, 4) is 0 Å². The lowest BCUT2D eigenvalue weighted by molar-refractivity contribution is -0.142. The van der Waals surface area contributed by atoms with Gasteiger partial charge in [0.15, 0.2) is 0 Å². The molecule has 0 saturated heterocycles. The molecule has 3 rings (SSSR count). The zero-order valence-electron chi connectivity index (χ0n) is 11.9. The third-order valence-electron chi connectivity index (χ3n) is 4.24. The van der Waals surface area contributed by atoms with Crippen LogP contribution in [0.4, 0.5) is 0 Å². The number of carbonyl (C=O) groups excluding carboxylic acids is 1. The number of hydrogen-bond donors (Lipinski definition) is 3. The molecular weight excluding hydrogens is 304 g/mol. The van der Waals surface area contributed by atoms with Gasteiger partial charge in [0.25, 0.3) is 5.91 Å². The second-order valence-corrected chi connectivity index (χ2v) is 6.21. The van der Waals surface area contributed by atoms with Crippen LogP contribution in [-0.2, 0) is 4.79 Å². The number of halogens is 1. The molecule has 3 N–H and O–H groups in total. The van der Waals surface area contributed by atoms with E-state index in [2.05, 4.69) is 10.3 Å². The lowest BCUT2D eigenvalue weighted by Crippen LogP contribution is -2.38. The van der Waals surface area contributed by atoms with Crippen LogP contribution in [0.3, 0.4) is 0 Å². The molecule has 2 aromatic rings. The Balaban J connectivity index is 1.65. The maximum atomic E-state index is 12.3. The summed E-state index contributed by atoms with van der Waals surface area (Å²) in [4.78, 5) is 26.3. The first-order valence-electron chi connectivity index (χ1n) is 7.35. The van der Waals surface area contributed by atoms with Gasteiger partial charge in [0, 0.05) is 22.0 Å². The second-order valence-electron chi connectivity index (χ2n) is 5.77. The van der Waals surface area contributed by atoms with Crippen molar-refractivity contribution < 1.29 is 14.7 Å². The number of nitrogens with one attached hydrogen (secondary N) is 2. The van der Waals surface area contributed by atoms with Gasteiger partial charge in [-0.15, -0.1) is 0 Å². The Labute approximate surface area is 132 Å². The van der Waals surface area contributed by atoms with Crippen LogP contribution in [0.25, 0.3) is 10.9 Å². The van der Waals surface area contributed by atoms with Crippen molar-refractivity contribution in [1.29, 1.82) is 0 Å². The molecule has 22 heavy (non-hydrogen) atoms. The SMILES string of the molecule is O=C(NC1CCC(C(=O)O)CC1)c1cc2ccc(Cl)cc2[nH]1. The summed E-state index contributed by atoms with van der Waals surface area (Å²) in [5.41, 5.74) is 1.32. The summed E-state index contributed by atoms with van der Waals surface area (Å²) in [6, 6.07) is 7.27. The summed E-state index contributed by atoms with van der Waals surface area (Å²) in [6.45, 7) is 0. The van der Waals surface area contributed by atoms with E-state index in [1.54, 1.807) is 18.2 Å². The van der Waals surface area contributed by atoms with Gasteiger partial charge in [-0.05, 0) is 43.9 Å². The van der Waals surface area contributed by atoms with Crippen molar-refractivity contribution >= 4 is 34.4 Å². The summed E-state index contributed by atoms with van der Waals surface area (Å²) in [7, 11) is 0. The first-order chi connectivity index (χ1) is 10.5. The number of aliphatic carboxylic acids is 1. The number of rotatable bonds is 3. The number of carboxylic acids is 1. The highest BCUT2D eigenvalue weighted by Crippen LogP contribution is 2.25. The molecule has 1 aromatic carbocycles. The molecule has 1 amide bonds. The summed E-state index contributed by atoms with van der Waals surface area (Å²) in [5.74, 6) is -1.17. The Kier molecular flexibility index (Phi) is 4.07. The first kappa shape index (κ1) is 14.9. The normalized spacial score (nSPS) is 21.7. The number of carboxylic acid groups (broad SMARTS) is 1. The Bertz CT molecular complexity index is 717. The zero-order valence-corrected chi connectivity index (χ0v) is 12.7. The fraction of sp³-hybridized carbons (Fsp3) is 0.375. The average molecular weight is 321 g/mol. The van der Waals surface area contributed by atoms with E-state index in [4.69, 9.17) is 16.7 Å². The largest absolute Gasteiger partial charge is 0.481 e. The van der Waals surface area contributed by atoms with Crippen molar-refractivity contribution in [2.24, 2.45) is 5.92 Å². The minimum absolute atomic E-state index is 0.0399. The maximum Gasteiger partial charge on any atom is 0.306 e. The molecule has 0 unspecified atom stereocenters. The first-order valence-corrected chi connectivity index (χ1v) is 7.72. The maximum absolute atomic E-state index is 12.3. The van der Waals surface area contributed by atoms with Gasteiger partial charge in [0.05, 0.1) is 5.92 Å². The summed E-state index contributed by atoms with van der Waals surface area (Å²) >= 11 is 5.93. The van der Waals surface area contributed by atoms with E-state index < -0.39 is 5.97 Å². The molecule has 1 aliphatic rings. The van der Waals surface area contributed by atoms with Crippen molar-refractivity contribution in [3.05, 3.63) is 35.0 Å². The number of H-pyrrole nitrogens is 1. The van der Waals surface area contributed by atoms with Gasteiger partial charge in [-0.3, -0.25) is 9.59 Å². The van der Waals surface area contributed by atoms with Crippen LogP contribution in [0.5, 0.6) is 0 Å². The van der Waals surface area contributed by atoms with E-state index in [9.17, 15) is 9.59 Å². The van der Waals surface area contributed by atoms with E-state index in [1.165, 1.54) is 0 Å². The molecule has 0 atom stereocenters. The summed E-state index contributed by atoms with van der Waals surface area (Å²) < 4.78 is 0. The highest BCUT2D eigenvalue weighted by atomic mass is 35.5. The Morgan fingerprint density at radius 1 is 1.18 bits per heavy atom. The molecule has 0 radical (unpaired) electrons. The van der Waals surface area contributed by atoms with Crippen LogP contribution in [0.15, 0.2) is 24.3 Å². The Morgan fingerprint density at radius 3 is 2.59 bits per heavy atom. The highest BCUT2D eigenvalue weighted by Gasteiger charge is 2.27. The second kappa shape index (κ2) is 6.01. The quantitative estimate of drug-likeness (QED) is 0.812. The standard InChI is InChI=1S/C16H17ClN2O3/c17-11-4-1-10-7-14(19-13(10)8-11)15(20)18-12-5-2-9(3-6-12)16(21)22/h1,4,7-9,12,19H,2-3,5-6H2,(H,18,20)(H,21,22). The molecule has 1 heterocycles. The third kappa shape index (κ3) is 3.09. The zero-order chi connectivity index (χ0) is 15.7. The molecule has 6 heteroatoms. The van der Waals surface area contributed by atoms with E-state index >= 15 is 0 Å². The fourth-order valence-electron chi connectivity index (χ4n) is 2.97. The molecule has 0 spiro atoms. The van der Waals surface area contributed by atoms with Crippen LogP contribution in [0.2, 0.25) is 5.02 Å². The molecule has 1 aliphatic carbocycles. The van der Waals surface area contributed by atoms with Crippen LogP contribution in [0.1, 0.15) is 36.2 Å². The van der Waals surface area contributed by atoms with Gasteiger partial charge < -0.3 is 15.4 Å². The molecule has 0 aliphatic heterocycles. The van der Waals surface area contributed by atoms with Crippen LogP contribution < -0.4 is 5.32 Å². The monoisotopic (exact) mass is 320 g/mol. The molecule has 1 fully saturated rings. The lowest BCUT2D eigenvalue weighted by Gasteiger charge is -2.26. The van der Waals surface area contributed by atoms with Gasteiger partial charge in [-0.25, -0.2) is 0 Å². The minimum atomic E-state index is -0.739. The molecule has 0 bridgehead atoms. The fourth-order valence-corrected chi connectivity index (χ4v) is 3.14. The number of amides is 1. The molecule has 116 valence electrons. The van der Waals surface area contributed by atoms with Crippen molar-refractivity contribution in [2.45, 2.75) is 31.7 Å². The third-order valence-corrected chi connectivity index (χ3v) is 4.48. The number of fused-ring (bicyclic) bond motifs is 1. The number of aromatic amines is 1. The van der Waals surface area contributed by atoms with Gasteiger partial charge >= 0.3 is 5.97 Å². The number of aromatic nitrogens is 1. The van der Waals surface area contributed by atoms with Crippen LogP contribution in [0, 0.1) is 5.92 Å². The van der Waals surface area contributed by atoms with Gasteiger partial charge in [-0.1, -0.05) is 17.7 Å². The predicted molar refractivity (Wildman–Crippen MR) is 84.2 cm³/mol. The number of benzene rings is 1. The van der Waals surface area contributed by atoms with Crippen molar-refractivity contribution in [1.82, 2.24) is 10.3 Å². The molecule has 1 saturated carbocycles. The van der Waals surface area contributed by atoms with E-state index in [1.807, 2.05) is 6.07 Å². The Morgan fingerprint density at radius 2 is 1.91 bits per heavy atom. The van der Waals surface area contributed by atoms with E-state index in [0.717, 1.165) is 10.9 Å². The van der Waals surface area contributed by atoms with E-state index in [-0.39, 0.29) is 17.9 Å². The molecular formula is C16H17ClN2O3. The summed E-state index contributed by atoms with van der Waals surface area (Å²) in [5, 5.41) is 13.5. The van der Waals surface area contributed by atoms with Crippen LogP contribution >= 0.6 is 11.6 Å². The van der Waals surface area contributed by atoms with Crippen LogP contribution in [-0.4, -0.2) is 28.0 Å². The topological polar surface area (TPSA) is 82.2 Å². The van der Waals surface area contributed by atoms with Gasteiger partial charge in [0.2, 0.25) is 0 Å². The Hall–Kier alpha value is -2.01. The molecule has 1 aromatic heterocycles. The predicted octanol–water partition coefficient (Wildman–Crippen LogP) is 3.19. The number of carbonyl (C=O) groups is 2. The van der Waals surface area contributed by atoms with E-state index in [0.29, 0.717) is 36.4 Å². The average Bonchev–Trinajstić information content (AvgIpc) is 2.91. The number of hydrogen-bond acceptors (Lipinski definition) is 2.